The fraction of sp³-hybridized carbons (Fsp3) is 0.526. The van der Waals surface area contributed by atoms with Gasteiger partial charge in [-0.15, -0.1) is 0 Å². The summed E-state index contributed by atoms with van der Waals surface area (Å²) in [5, 5.41) is 14.6. The van der Waals surface area contributed by atoms with Crippen molar-refractivity contribution in [1.82, 2.24) is 19.9 Å². The zero-order valence-corrected chi connectivity index (χ0v) is 19.0. The summed E-state index contributed by atoms with van der Waals surface area (Å²) in [6.45, 7) is 7.15. The minimum absolute atomic E-state index is 0.0794. The van der Waals surface area contributed by atoms with Crippen molar-refractivity contribution in [2.75, 3.05) is 25.0 Å². The molecule has 1 saturated heterocycles. The molecular formula is C19H23Cl3N6O2. The number of alkyl halides is 3. The van der Waals surface area contributed by atoms with Gasteiger partial charge in [0, 0.05) is 18.7 Å². The maximum atomic E-state index is 11.4. The van der Waals surface area contributed by atoms with Crippen molar-refractivity contribution in [3.05, 3.63) is 40.2 Å². The quantitative estimate of drug-likeness (QED) is 0.365. The highest BCUT2D eigenvalue weighted by atomic mass is 35.6. The van der Waals surface area contributed by atoms with Crippen molar-refractivity contribution in [3.8, 4) is 11.4 Å². The molecule has 1 aliphatic heterocycles. The second-order valence-corrected chi connectivity index (χ2v) is 9.81. The van der Waals surface area contributed by atoms with E-state index in [4.69, 9.17) is 34.8 Å². The summed E-state index contributed by atoms with van der Waals surface area (Å²) in [6.07, 6.45) is 2.12. The Morgan fingerprint density at radius 2 is 1.87 bits per heavy atom. The van der Waals surface area contributed by atoms with Gasteiger partial charge < -0.3 is 10.2 Å². The van der Waals surface area contributed by atoms with Gasteiger partial charge in [0.2, 0.25) is 9.74 Å². The fourth-order valence-corrected chi connectivity index (χ4v) is 3.69. The molecule has 1 aromatic carbocycles. The molecule has 2 aromatic rings. The number of nitro groups is 1. The molecule has 30 heavy (non-hydrogen) atoms. The summed E-state index contributed by atoms with van der Waals surface area (Å²) < 4.78 is -1.89. The maximum absolute atomic E-state index is 11.4. The molecule has 1 aliphatic rings. The highest BCUT2D eigenvalue weighted by molar-refractivity contribution is 6.66. The normalized spacial score (nSPS) is 16.1. The monoisotopic (exact) mass is 472 g/mol. The molecule has 0 aliphatic carbocycles. The lowest BCUT2D eigenvalue weighted by atomic mass is 9.96. The maximum Gasteiger partial charge on any atom is 0.280 e. The van der Waals surface area contributed by atoms with Crippen LogP contribution in [0.2, 0.25) is 0 Å². The third-order valence-electron chi connectivity index (χ3n) is 5.16. The minimum Gasteiger partial charge on any atom is -0.354 e. The zero-order valence-electron chi connectivity index (χ0n) is 16.7. The van der Waals surface area contributed by atoms with Crippen LogP contribution < -0.4 is 5.32 Å². The SMILES string of the molecule is CC(C)N1CCC(CNc2nc(-c3ccccc3[N+](=O)[O-])nc(C(Cl)(Cl)Cl)n2)CC1. The van der Waals surface area contributed by atoms with E-state index in [1.807, 2.05) is 0 Å². The number of piperidine rings is 1. The largest absolute Gasteiger partial charge is 0.354 e. The lowest BCUT2D eigenvalue weighted by molar-refractivity contribution is -0.384. The number of hydrogen-bond donors (Lipinski definition) is 1. The zero-order chi connectivity index (χ0) is 21.9. The predicted octanol–water partition coefficient (Wildman–Crippen LogP) is 4.81. The molecule has 11 heteroatoms. The Morgan fingerprint density at radius 3 is 2.47 bits per heavy atom. The average molecular weight is 474 g/mol. The minimum atomic E-state index is -1.89. The molecule has 2 heterocycles. The third kappa shape index (κ3) is 5.69. The Kier molecular flexibility index (Phi) is 7.34. The molecule has 1 fully saturated rings. The summed E-state index contributed by atoms with van der Waals surface area (Å²) in [5.74, 6) is 0.678. The molecule has 1 aromatic heterocycles. The Morgan fingerprint density at radius 1 is 1.20 bits per heavy atom. The summed E-state index contributed by atoms with van der Waals surface area (Å²) >= 11 is 18.0. The van der Waals surface area contributed by atoms with Gasteiger partial charge in [0.05, 0.1) is 10.5 Å². The molecule has 3 rings (SSSR count). The van der Waals surface area contributed by atoms with Crippen molar-refractivity contribution in [2.24, 2.45) is 5.92 Å². The van der Waals surface area contributed by atoms with E-state index in [2.05, 4.69) is 39.0 Å². The topological polar surface area (TPSA) is 97.1 Å². The van der Waals surface area contributed by atoms with E-state index in [0.717, 1.165) is 25.9 Å². The average Bonchev–Trinajstić information content (AvgIpc) is 2.71. The number of halogens is 3. The van der Waals surface area contributed by atoms with Gasteiger partial charge in [-0.1, -0.05) is 46.9 Å². The van der Waals surface area contributed by atoms with Crippen LogP contribution in [-0.4, -0.2) is 50.5 Å². The van der Waals surface area contributed by atoms with Crippen molar-refractivity contribution >= 4 is 46.4 Å². The summed E-state index contributed by atoms with van der Waals surface area (Å²) in [5.41, 5.74) is 0.0969. The van der Waals surface area contributed by atoms with Gasteiger partial charge in [0.1, 0.15) is 0 Å². The van der Waals surface area contributed by atoms with Crippen LogP contribution >= 0.6 is 34.8 Å². The molecule has 0 bridgehead atoms. The van der Waals surface area contributed by atoms with Crippen LogP contribution in [0.4, 0.5) is 11.6 Å². The van der Waals surface area contributed by atoms with Crippen LogP contribution in [0.15, 0.2) is 24.3 Å². The fourth-order valence-electron chi connectivity index (χ4n) is 3.43. The molecule has 0 spiro atoms. The van der Waals surface area contributed by atoms with Crippen LogP contribution in [0, 0.1) is 16.0 Å². The lowest BCUT2D eigenvalue weighted by Crippen LogP contribution is -2.40. The molecular weight excluding hydrogens is 451 g/mol. The first-order chi connectivity index (χ1) is 14.1. The number of hydrogen-bond acceptors (Lipinski definition) is 7. The first kappa shape index (κ1) is 22.9. The Hall–Kier alpha value is -1.74. The number of para-hydroxylation sites is 1. The van der Waals surface area contributed by atoms with E-state index in [0.29, 0.717) is 18.5 Å². The molecule has 8 nitrogen and oxygen atoms in total. The Labute approximate surface area is 190 Å². The van der Waals surface area contributed by atoms with Crippen molar-refractivity contribution < 1.29 is 4.92 Å². The van der Waals surface area contributed by atoms with E-state index in [1.165, 1.54) is 6.07 Å². The van der Waals surface area contributed by atoms with Gasteiger partial charge in [-0.3, -0.25) is 10.1 Å². The molecule has 162 valence electrons. The molecule has 0 radical (unpaired) electrons. The van der Waals surface area contributed by atoms with E-state index < -0.39 is 8.72 Å². The number of nitro benzene ring substituents is 1. The lowest BCUT2D eigenvalue weighted by Gasteiger charge is -2.34. The first-order valence-corrected chi connectivity index (χ1v) is 10.8. The van der Waals surface area contributed by atoms with Crippen molar-refractivity contribution in [1.29, 1.82) is 0 Å². The van der Waals surface area contributed by atoms with Gasteiger partial charge in [-0.05, 0) is 51.8 Å². The standard InChI is InChI=1S/C19H23Cl3N6O2/c1-12(2)27-9-7-13(8-10-27)11-23-18-25-16(24-17(26-18)19(20,21)22)14-5-3-4-6-15(14)28(29)30/h3-6,12-13H,7-11H2,1-2H3,(H,23,24,25,26). The predicted molar refractivity (Wildman–Crippen MR) is 119 cm³/mol. The highest BCUT2D eigenvalue weighted by Crippen LogP contribution is 2.37. The van der Waals surface area contributed by atoms with E-state index in [-0.39, 0.29) is 28.8 Å². The number of anilines is 1. The van der Waals surface area contributed by atoms with Gasteiger partial charge in [0.25, 0.3) is 5.69 Å². The number of nitrogens with zero attached hydrogens (tertiary/aromatic N) is 5. The number of benzene rings is 1. The van der Waals surface area contributed by atoms with E-state index in [1.54, 1.807) is 18.2 Å². The molecule has 1 N–H and O–H groups in total. The highest BCUT2D eigenvalue weighted by Gasteiger charge is 2.30. The van der Waals surface area contributed by atoms with Gasteiger partial charge in [-0.2, -0.15) is 9.97 Å². The summed E-state index contributed by atoms with van der Waals surface area (Å²) in [6, 6.07) is 6.71. The number of rotatable bonds is 6. The molecule has 0 saturated carbocycles. The van der Waals surface area contributed by atoms with E-state index in [9.17, 15) is 10.1 Å². The van der Waals surface area contributed by atoms with Crippen LogP contribution in [0.3, 0.4) is 0 Å². The Balaban J connectivity index is 1.84. The van der Waals surface area contributed by atoms with Crippen LogP contribution in [0.5, 0.6) is 0 Å². The first-order valence-electron chi connectivity index (χ1n) is 9.70. The smallest absolute Gasteiger partial charge is 0.280 e. The van der Waals surface area contributed by atoms with Crippen LogP contribution in [-0.2, 0) is 3.79 Å². The molecule has 0 atom stereocenters. The number of nitrogens with one attached hydrogen (secondary N) is 1. The van der Waals surface area contributed by atoms with Crippen LogP contribution in [0.25, 0.3) is 11.4 Å². The van der Waals surface area contributed by atoms with Gasteiger partial charge >= 0.3 is 0 Å². The number of aromatic nitrogens is 3. The van der Waals surface area contributed by atoms with E-state index >= 15 is 0 Å². The molecule has 0 amide bonds. The second kappa shape index (κ2) is 9.60. The van der Waals surface area contributed by atoms with Crippen molar-refractivity contribution in [2.45, 2.75) is 36.5 Å². The summed E-state index contributed by atoms with van der Waals surface area (Å²) in [4.78, 5) is 26.1. The number of likely N-dealkylation sites (tertiary alicyclic amines) is 1. The van der Waals surface area contributed by atoms with Gasteiger partial charge in [0.15, 0.2) is 11.6 Å². The Bertz CT molecular complexity index is 898. The molecule has 0 unspecified atom stereocenters. The van der Waals surface area contributed by atoms with Crippen molar-refractivity contribution in [3.63, 3.8) is 0 Å². The van der Waals surface area contributed by atoms with Gasteiger partial charge in [-0.25, -0.2) is 4.98 Å². The second-order valence-electron chi connectivity index (χ2n) is 7.53. The summed E-state index contributed by atoms with van der Waals surface area (Å²) in [7, 11) is 0. The van der Waals surface area contributed by atoms with Crippen LogP contribution in [0.1, 0.15) is 32.5 Å². The third-order valence-corrected chi connectivity index (χ3v) is 5.67.